The Hall–Kier alpha value is -1.60. The van der Waals surface area contributed by atoms with E-state index in [1.165, 1.54) is 17.5 Å². The van der Waals surface area contributed by atoms with Crippen molar-refractivity contribution in [1.29, 1.82) is 0 Å². The van der Waals surface area contributed by atoms with E-state index in [1.54, 1.807) is 12.1 Å². The third-order valence-electron chi connectivity index (χ3n) is 3.97. The number of sulfonamides is 1. The Morgan fingerprint density at radius 3 is 2.50 bits per heavy atom. The molecule has 1 aliphatic heterocycles. The van der Waals surface area contributed by atoms with Gasteiger partial charge in [0.25, 0.3) is 0 Å². The van der Waals surface area contributed by atoms with E-state index in [0.717, 1.165) is 19.3 Å². The van der Waals surface area contributed by atoms with E-state index in [-0.39, 0.29) is 16.7 Å². The average molecular weight is 354 g/mol. The molecule has 1 saturated heterocycles. The summed E-state index contributed by atoms with van der Waals surface area (Å²) in [6.07, 6.45) is 3.17. The standard InChI is InChI=1S/C17H26N2O4S/c1-13(2)11-17(20)18-14-7-8-15(23-3)16(12-14)24(21,22)19-9-5-4-6-10-19/h7-8,12-13H,4-6,9-11H2,1-3H3,(H,18,20). The topological polar surface area (TPSA) is 75.7 Å². The number of methoxy groups -OCH3 is 1. The number of nitrogens with one attached hydrogen (secondary N) is 1. The van der Waals surface area contributed by atoms with Gasteiger partial charge in [-0.1, -0.05) is 20.3 Å². The fourth-order valence-electron chi connectivity index (χ4n) is 2.78. The van der Waals surface area contributed by atoms with Gasteiger partial charge >= 0.3 is 0 Å². The molecule has 0 radical (unpaired) electrons. The highest BCUT2D eigenvalue weighted by atomic mass is 32.2. The summed E-state index contributed by atoms with van der Waals surface area (Å²) in [6, 6.07) is 4.73. The monoisotopic (exact) mass is 354 g/mol. The van der Waals surface area contributed by atoms with Crippen LogP contribution in [0.15, 0.2) is 23.1 Å². The molecule has 1 amide bonds. The number of anilines is 1. The Labute approximate surface area is 144 Å². The summed E-state index contributed by atoms with van der Waals surface area (Å²) in [5, 5.41) is 2.76. The van der Waals surface area contributed by atoms with Gasteiger partial charge in [0.15, 0.2) is 0 Å². The quantitative estimate of drug-likeness (QED) is 0.852. The zero-order valence-corrected chi connectivity index (χ0v) is 15.4. The first kappa shape index (κ1) is 18.7. The third-order valence-corrected chi connectivity index (χ3v) is 5.89. The lowest BCUT2D eigenvalue weighted by Gasteiger charge is -2.26. The lowest BCUT2D eigenvalue weighted by Crippen LogP contribution is -2.35. The van der Waals surface area contributed by atoms with Crippen LogP contribution in [0.3, 0.4) is 0 Å². The maximum absolute atomic E-state index is 12.9. The molecule has 0 bridgehead atoms. The molecule has 1 N–H and O–H groups in total. The van der Waals surface area contributed by atoms with Crippen LogP contribution in [0.4, 0.5) is 5.69 Å². The molecule has 24 heavy (non-hydrogen) atoms. The van der Waals surface area contributed by atoms with E-state index in [1.807, 2.05) is 13.8 Å². The molecule has 2 rings (SSSR count). The first-order chi connectivity index (χ1) is 11.3. The minimum absolute atomic E-state index is 0.106. The van der Waals surface area contributed by atoms with Gasteiger partial charge in [0.1, 0.15) is 10.6 Å². The van der Waals surface area contributed by atoms with E-state index < -0.39 is 10.0 Å². The molecule has 0 spiro atoms. The van der Waals surface area contributed by atoms with Crippen LogP contribution in [0.2, 0.25) is 0 Å². The molecule has 134 valence electrons. The molecule has 0 atom stereocenters. The van der Waals surface area contributed by atoms with Crippen LogP contribution in [-0.4, -0.2) is 38.8 Å². The second-order valence-corrected chi connectivity index (χ2v) is 8.38. The molecule has 1 aromatic rings. The summed E-state index contributed by atoms with van der Waals surface area (Å²) in [7, 11) is -2.18. The highest BCUT2D eigenvalue weighted by Gasteiger charge is 2.29. The highest BCUT2D eigenvalue weighted by Crippen LogP contribution is 2.31. The predicted octanol–water partition coefficient (Wildman–Crippen LogP) is 2.85. The Kier molecular flexibility index (Phi) is 6.23. The summed E-state index contributed by atoms with van der Waals surface area (Å²) in [4.78, 5) is 12.0. The van der Waals surface area contributed by atoms with Crippen LogP contribution in [0, 0.1) is 5.92 Å². The van der Waals surface area contributed by atoms with Gasteiger partial charge in [0.2, 0.25) is 15.9 Å². The van der Waals surface area contributed by atoms with E-state index in [9.17, 15) is 13.2 Å². The van der Waals surface area contributed by atoms with Crippen molar-refractivity contribution >= 4 is 21.6 Å². The Morgan fingerprint density at radius 1 is 1.25 bits per heavy atom. The van der Waals surface area contributed by atoms with Crippen LogP contribution >= 0.6 is 0 Å². The number of hydrogen-bond acceptors (Lipinski definition) is 4. The zero-order chi connectivity index (χ0) is 17.7. The van der Waals surface area contributed by atoms with Gasteiger partial charge in [-0.3, -0.25) is 4.79 Å². The summed E-state index contributed by atoms with van der Waals surface area (Å²) in [6.45, 7) is 4.96. The molecule has 1 aliphatic rings. The predicted molar refractivity (Wildman–Crippen MR) is 93.7 cm³/mol. The summed E-state index contributed by atoms with van der Waals surface area (Å²) >= 11 is 0. The van der Waals surface area contributed by atoms with Crippen molar-refractivity contribution < 1.29 is 17.9 Å². The third kappa shape index (κ3) is 4.48. The van der Waals surface area contributed by atoms with Crippen molar-refractivity contribution in [1.82, 2.24) is 4.31 Å². The van der Waals surface area contributed by atoms with Gasteiger partial charge in [-0.15, -0.1) is 0 Å². The van der Waals surface area contributed by atoms with Crippen molar-refractivity contribution in [3.63, 3.8) is 0 Å². The van der Waals surface area contributed by atoms with Gasteiger partial charge in [-0.25, -0.2) is 8.42 Å². The van der Waals surface area contributed by atoms with Crippen LogP contribution in [0.25, 0.3) is 0 Å². The van der Waals surface area contributed by atoms with Crippen LogP contribution in [0.1, 0.15) is 39.5 Å². The molecule has 7 heteroatoms. The SMILES string of the molecule is COc1ccc(NC(=O)CC(C)C)cc1S(=O)(=O)N1CCCCC1. The maximum atomic E-state index is 12.9. The molecule has 6 nitrogen and oxygen atoms in total. The van der Waals surface area contributed by atoms with Gasteiger partial charge < -0.3 is 10.1 Å². The second-order valence-electron chi connectivity index (χ2n) is 6.48. The molecule has 0 aromatic heterocycles. The minimum Gasteiger partial charge on any atom is -0.495 e. The molecule has 0 aliphatic carbocycles. The van der Waals surface area contributed by atoms with Crippen LogP contribution in [0.5, 0.6) is 5.75 Å². The van der Waals surface area contributed by atoms with E-state index in [2.05, 4.69) is 5.32 Å². The van der Waals surface area contributed by atoms with Crippen molar-refractivity contribution in [3.05, 3.63) is 18.2 Å². The maximum Gasteiger partial charge on any atom is 0.246 e. The molecule has 0 saturated carbocycles. The number of carbonyl (C=O) groups excluding carboxylic acids is 1. The molecule has 1 aromatic carbocycles. The fraction of sp³-hybridized carbons (Fsp3) is 0.588. The number of hydrogen-bond donors (Lipinski definition) is 1. The van der Waals surface area contributed by atoms with Gasteiger partial charge in [0.05, 0.1) is 7.11 Å². The molecule has 1 heterocycles. The number of piperidine rings is 1. The Morgan fingerprint density at radius 2 is 1.92 bits per heavy atom. The van der Waals surface area contributed by atoms with E-state index in [4.69, 9.17) is 4.74 Å². The number of benzene rings is 1. The number of amides is 1. The largest absolute Gasteiger partial charge is 0.495 e. The smallest absolute Gasteiger partial charge is 0.246 e. The van der Waals surface area contributed by atoms with E-state index >= 15 is 0 Å². The molecular formula is C17H26N2O4S. The highest BCUT2D eigenvalue weighted by molar-refractivity contribution is 7.89. The molecule has 1 fully saturated rings. The number of rotatable bonds is 6. The lowest BCUT2D eigenvalue weighted by molar-refractivity contribution is -0.116. The number of nitrogens with zero attached hydrogens (tertiary/aromatic N) is 1. The van der Waals surface area contributed by atoms with Crippen LogP contribution in [-0.2, 0) is 14.8 Å². The average Bonchev–Trinajstić information content (AvgIpc) is 2.54. The molecular weight excluding hydrogens is 328 g/mol. The first-order valence-electron chi connectivity index (χ1n) is 8.32. The van der Waals surface area contributed by atoms with Crippen molar-refractivity contribution in [2.75, 3.05) is 25.5 Å². The Bertz CT molecular complexity index is 680. The normalized spacial score (nSPS) is 16.2. The summed E-state index contributed by atoms with van der Waals surface area (Å²) < 4.78 is 32.6. The first-order valence-corrected chi connectivity index (χ1v) is 9.76. The van der Waals surface area contributed by atoms with E-state index in [0.29, 0.717) is 30.9 Å². The summed E-state index contributed by atoms with van der Waals surface area (Å²) in [5.41, 5.74) is 0.469. The van der Waals surface area contributed by atoms with Gasteiger partial charge in [-0.05, 0) is 37.0 Å². The number of ether oxygens (including phenoxy) is 1. The van der Waals surface area contributed by atoms with Crippen molar-refractivity contribution in [2.45, 2.75) is 44.4 Å². The fourth-order valence-corrected chi connectivity index (χ4v) is 4.48. The van der Waals surface area contributed by atoms with Crippen molar-refractivity contribution in [2.24, 2.45) is 5.92 Å². The summed E-state index contributed by atoms with van der Waals surface area (Å²) in [5.74, 6) is 0.402. The van der Waals surface area contributed by atoms with Gasteiger partial charge in [0, 0.05) is 25.2 Å². The van der Waals surface area contributed by atoms with Crippen LogP contribution < -0.4 is 10.1 Å². The minimum atomic E-state index is -3.63. The Balaban J connectivity index is 2.30. The lowest BCUT2D eigenvalue weighted by atomic mass is 10.1. The number of carbonyl (C=O) groups is 1. The van der Waals surface area contributed by atoms with Crippen molar-refractivity contribution in [3.8, 4) is 5.75 Å². The van der Waals surface area contributed by atoms with Gasteiger partial charge in [-0.2, -0.15) is 4.31 Å². The molecule has 0 unspecified atom stereocenters. The zero-order valence-electron chi connectivity index (χ0n) is 14.5. The second kappa shape index (κ2) is 7.98.